The minimum absolute atomic E-state index is 0.0467. The van der Waals surface area contributed by atoms with Gasteiger partial charge < -0.3 is 5.32 Å². The molecule has 2 heterocycles. The summed E-state index contributed by atoms with van der Waals surface area (Å²) in [5.41, 5.74) is 2.74. The van der Waals surface area contributed by atoms with E-state index in [1.807, 2.05) is 25.5 Å². The second kappa shape index (κ2) is 5.97. The quantitative estimate of drug-likeness (QED) is 0.902. The number of aromatic nitrogens is 3. The SMILES string of the molecule is Cn1cc(CCNC(=O)c2cc(Br)cnc2C2CC2)cn1. The minimum atomic E-state index is -0.0467. The summed E-state index contributed by atoms with van der Waals surface area (Å²) < 4.78 is 2.60. The molecule has 3 rings (SSSR count). The van der Waals surface area contributed by atoms with Gasteiger partial charge in [0, 0.05) is 36.4 Å². The largest absolute Gasteiger partial charge is 0.352 e. The highest BCUT2D eigenvalue weighted by Gasteiger charge is 2.29. The van der Waals surface area contributed by atoms with Crippen molar-refractivity contribution in [1.29, 1.82) is 0 Å². The molecule has 1 aliphatic carbocycles. The zero-order chi connectivity index (χ0) is 14.8. The Hall–Kier alpha value is -1.69. The van der Waals surface area contributed by atoms with Gasteiger partial charge in [-0.15, -0.1) is 0 Å². The van der Waals surface area contributed by atoms with E-state index in [0.29, 0.717) is 18.0 Å². The molecule has 1 saturated carbocycles. The predicted octanol–water partition coefficient (Wildman–Crippen LogP) is 2.43. The minimum Gasteiger partial charge on any atom is -0.352 e. The third kappa shape index (κ3) is 3.50. The van der Waals surface area contributed by atoms with E-state index in [1.165, 1.54) is 0 Å². The zero-order valence-corrected chi connectivity index (χ0v) is 13.4. The van der Waals surface area contributed by atoms with Crippen molar-refractivity contribution in [3.05, 3.63) is 46.0 Å². The van der Waals surface area contributed by atoms with Crippen molar-refractivity contribution in [2.75, 3.05) is 6.54 Å². The average Bonchev–Trinajstić information content (AvgIpc) is 3.22. The van der Waals surface area contributed by atoms with Crippen molar-refractivity contribution in [1.82, 2.24) is 20.1 Å². The molecule has 0 unspecified atom stereocenters. The maximum atomic E-state index is 12.4. The molecule has 110 valence electrons. The Morgan fingerprint density at radius 1 is 1.48 bits per heavy atom. The summed E-state index contributed by atoms with van der Waals surface area (Å²) in [6, 6.07) is 1.86. The lowest BCUT2D eigenvalue weighted by molar-refractivity contribution is 0.0952. The molecule has 0 atom stereocenters. The van der Waals surface area contributed by atoms with E-state index < -0.39 is 0 Å². The highest BCUT2D eigenvalue weighted by Crippen LogP contribution is 2.40. The normalized spacial score (nSPS) is 14.2. The smallest absolute Gasteiger partial charge is 0.253 e. The summed E-state index contributed by atoms with van der Waals surface area (Å²) >= 11 is 3.39. The molecule has 2 aromatic heterocycles. The Bertz CT molecular complexity index is 663. The Morgan fingerprint density at radius 2 is 2.29 bits per heavy atom. The van der Waals surface area contributed by atoms with Gasteiger partial charge >= 0.3 is 0 Å². The van der Waals surface area contributed by atoms with Gasteiger partial charge in [0.2, 0.25) is 0 Å². The summed E-state index contributed by atoms with van der Waals surface area (Å²) in [7, 11) is 1.89. The van der Waals surface area contributed by atoms with Gasteiger partial charge in [-0.3, -0.25) is 14.5 Å². The van der Waals surface area contributed by atoms with Crippen LogP contribution in [0.5, 0.6) is 0 Å². The van der Waals surface area contributed by atoms with Crippen LogP contribution in [0.1, 0.15) is 40.4 Å². The van der Waals surface area contributed by atoms with Gasteiger partial charge in [-0.05, 0) is 46.8 Å². The Balaban J connectivity index is 1.63. The first-order chi connectivity index (χ1) is 10.1. The fourth-order valence-corrected chi connectivity index (χ4v) is 2.66. The number of pyridine rings is 1. The Morgan fingerprint density at radius 3 is 2.95 bits per heavy atom. The number of rotatable bonds is 5. The van der Waals surface area contributed by atoms with E-state index in [1.54, 1.807) is 10.9 Å². The van der Waals surface area contributed by atoms with E-state index in [0.717, 1.165) is 35.0 Å². The second-order valence-electron chi connectivity index (χ2n) is 5.39. The molecule has 1 aliphatic rings. The molecule has 1 fully saturated rings. The van der Waals surface area contributed by atoms with Crippen LogP contribution in [-0.2, 0) is 13.5 Å². The summed E-state index contributed by atoms with van der Waals surface area (Å²) in [5.74, 6) is 0.409. The van der Waals surface area contributed by atoms with Crippen molar-refractivity contribution in [2.24, 2.45) is 7.05 Å². The highest BCUT2D eigenvalue weighted by atomic mass is 79.9. The first-order valence-electron chi connectivity index (χ1n) is 7.04. The molecular formula is C15H17BrN4O. The van der Waals surface area contributed by atoms with Crippen molar-refractivity contribution in [3.63, 3.8) is 0 Å². The molecule has 5 nitrogen and oxygen atoms in total. The van der Waals surface area contributed by atoms with E-state index in [-0.39, 0.29) is 5.91 Å². The third-order valence-corrected chi connectivity index (χ3v) is 3.99. The summed E-state index contributed by atoms with van der Waals surface area (Å²) in [5, 5.41) is 7.09. The number of carbonyl (C=O) groups is 1. The summed E-state index contributed by atoms with van der Waals surface area (Å²) in [4.78, 5) is 16.8. The molecular weight excluding hydrogens is 332 g/mol. The Labute approximate surface area is 131 Å². The third-order valence-electron chi connectivity index (χ3n) is 3.55. The molecule has 0 spiro atoms. The molecule has 1 amide bonds. The van der Waals surface area contributed by atoms with Crippen LogP contribution in [0.2, 0.25) is 0 Å². The van der Waals surface area contributed by atoms with Crippen LogP contribution in [0.15, 0.2) is 29.1 Å². The van der Waals surface area contributed by atoms with E-state index in [9.17, 15) is 4.79 Å². The van der Waals surface area contributed by atoms with Crippen LogP contribution in [0, 0.1) is 0 Å². The topological polar surface area (TPSA) is 59.8 Å². The molecule has 21 heavy (non-hydrogen) atoms. The van der Waals surface area contributed by atoms with Crippen LogP contribution < -0.4 is 5.32 Å². The molecule has 6 heteroatoms. The van der Waals surface area contributed by atoms with Crippen LogP contribution in [0.3, 0.4) is 0 Å². The van der Waals surface area contributed by atoms with Gasteiger partial charge in [-0.2, -0.15) is 5.10 Å². The molecule has 1 N–H and O–H groups in total. The average molecular weight is 349 g/mol. The van der Waals surface area contributed by atoms with Crippen LogP contribution in [-0.4, -0.2) is 27.2 Å². The second-order valence-corrected chi connectivity index (χ2v) is 6.30. The molecule has 0 radical (unpaired) electrons. The highest BCUT2D eigenvalue weighted by molar-refractivity contribution is 9.10. The van der Waals surface area contributed by atoms with Gasteiger partial charge in [0.25, 0.3) is 5.91 Å². The predicted molar refractivity (Wildman–Crippen MR) is 83.2 cm³/mol. The first kappa shape index (κ1) is 14.3. The van der Waals surface area contributed by atoms with Crippen molar-refractivity contribution in [2.45, 2.75) is 25.2 Å². The number of nitrogens with zero attached hydrogens (tertiary/aromatic N) is 3. The van der Waals surface area contributed by atoms with Gasteiger partial charge in [0.15, 0.2) is 0 Å². The first-order valence-corrected chi connectivity index (χ1v) is 7.84. The number of hydrogen-bond acceptors (Lipinski definition) is 3. The number of nitrogens with one attached hydrogen (secondary N) is 1. The molecule has 2 aromatic rings. The fraction of sp³-hybridized carbons (Fsp3) is 0.400. The zero-order valence-electron chi connectivity index (χ0n) is 11.8. The Kier molecular flexibility index (Phi) is 4.05. The molecule has 0 saturated heterocycles. The van der Waals surface area contributed by atoms with E-state index >= 15 is 0 Å². The monoisotopic (exact) mass is 348 g/mol. The van der Waals surface area contributed by atoms with Crippen LogP contribution in [0.25, 0.3) is 0 Å². The van der Waals surface area contributed by atoms with Crippen molar-refractivity contribution in [3.8, 4) is 0 Å². The van der Waals surface area contributed by atoms with E-state index in [4.69, 9.17) is 0 Å². The molecule has 0 aromatic carbocycles. The summed E-state index contributed by atoms with van der Waals surface area (Å²) in [6.45, 7) is 0.598. The number of carbonyl (C=O) groups excluding carboxylic acids is 1. The summed E-state index contributed by atoms with van der Waals surface area (Å²) in [6.07, 6.45) is 8.58. The van der Waals surface area contributed by atoms with Gasteiger partial charge in [-0.1, -0.05) is 0 Å². The van der Waals surface area contributed by atoms with E-state index in [2.05, 4.69) is 31.3 Å². The number of hydrogen-bond donors (Lipinski definition) is 1. The number of amides is 1. The van der Waals surface area contributed by atoms with Crippen molar-refractivity contribution < 1.29 is 4.79 Å². The number of aryl methyl sites for hydroxylation is 1. The molecule has 0 bridgehead atoms. The van der Waals surface area contributed by atoms with Crippen molar-refractivity contribution >= 4 is 21.8 Å². The maximum Gasteiger partial charge on any atom is 0.253 e. The fourth-order valence-electron chi connectivity index (χ4n) is 2.33. The van der Waals surface area contributed by atoms with Gasteiger partial charge in [0.1, 0.15) is 0 Å². The van der Waals surface area contributed by atoms with Crippen LogP contribution >= 0.6 is 15.9 Å². The maximum absolute atomic E-state index is 12.4. The van der Waals surface area contributed by atoms with Crippen LogP contribution in [0.4, 0.5) is 0 Å². The lowest BCUT2D eigenvalue weighted by atomic mass is 10.1. The lowest BCUT2D eigenvalue weighted by Crippen LogP contribution is -2.27. The standard InChI is InChI=1S/C15H17BrN4O/c1-20-9-10(7-19-20)4-5-17-15(21)13-6-12(16)8-18-14(13)11-2-3-11/h6-9,11H,2-5H2,1H3,(H,17,21). The van der Waals surface area contributed by atoms with Gasteiger partial charge in [0.05, 0.1) is 17.5 Å². The molecule has 0 aliphatic heterocycles. The number of halogens is 1. The van der Waals surface area contributed by atoms with Gasteiger partial charge in [-0.25, -0.2) is 0 Å². The lowest BCUT2D eigenvalue weighted by Gasteiger charge is -2.09.